The van der Waals surface area contributed by atoms with E-state index < -0.39 is 23.0 Å². The van der Waals surface area contributed by atoms with E-state index >= 15 is 0 Å². The van der Waals surface area contributed by atoms with Crippen LogP contribution in [-0.4, -0.2) is 36.0 Å². The maximum absolute atomic E-state index is 12.0. The van der Waals surface area contributed by atoms with Gasteiger partial charge in [0.15, 0.2) is 0 Å². The van der Waals surface area contributed by atoms with Crippen LogP contribution in [0.3, 0.4) is 0 Å². The maximum atomic E-state index is 12.0. The summed E-state index contributed by atoms with van der Waals surface area (Å²) in [4.78, 5) is 35.4. The van der Waals surface area contributed by atoms with Crippen LogP contribution in [0.4, 0.5) is 10.5 Å². The minimum Gasteiger partial charge on any atom is -0.464 e. The molecule has 1 N–H and O–H groups in total. The summed E-state index contributed by atoms with van der Waals surface area (Å²) in [6.07, 6.45) is 0. The monoisotopic (exact) mass is 305 g/mol. The van der Waals surface area contributed by atoms with Crippen molar-refractivity contribution in [1.82, 2.24) is 10.2 Å². The molecule has 1 aliphatic heterocycles. The fourth-order valence-corrected chi connectivity index (χ4v) is 2.38. The molecule has 1 aliphatic rings. The Hall–Kier alpha value is -2.90. The van der Waals surface area contributed by atoms with E-state index in [4.69, 9.17) is 4.74 Å². The number of hydrogen-bond donors (Lipinski definition) is 1. The van der Waals surface area contributed by atoms with Gasteiger partial charge in [0.25, 0.3) is 5.69 Å². The molecule has 1 heterocycles. The third-order valence-corrected chi connectivity index (χ3v) is 3.51. The number of hydrogen-bond acceptors (Lipinski definition) is 5. The number of rotatable bonds is 3. The summed E-state index contributed by atoms with van der Waals surface area (Å²) in [5.41, 5.74) is 1.12. The van der Waals surface area contributed by atoms with Gasteiger partial charge in [-0.15, -0.1) is 0 Å². The molecule has 1 unspecified atom stereocenters. The van der Waals surface area contributed by atoms with Gasteiger partial charge < -0.3 is 10.1 Å². The van der Waals surface area contributed by atoms with Crippen LogP contribution in [0.25, 0.3) is 0 Å². The predicted molar refractivity (Wildman–Crippen MR) is 76.8 cm³/mol. The standard InChI is InChI=1S/C14H15N3O5/c1-8-11(9-5-4-6-10(7-9)17(20)21)15-14(19)16(2)12(8)13(18)22-3/h4-7,11H,1-3H3,(H,15,19). The van der Waals surface area contributed by atoms with E-state index in [9.17, 15) is 19.7 Å². The lowest BCUT2D eigenvalue weighted by Gasteiger charge is -2.32. The van der Waals surface area contributed by atoms with Crippen molar-refractivity contribution in [3.63, 3.8) is 0 Å². The van der Waals surface area contributed by atoms with Gasteiger partial charge in [-0.05, 0) is 18.1 Å². The van der Waals surface area contributed by atoms with Crippen molar-refractivity contribution in [2.24, 2.45) is 0 Å². The van der Waals surface area contributed by atoms with E-state index in [2.05, 4.69) is 5.32 Å². The number of carbonyl (C=O) groups excluding carboxylic acids is 2. The highest BCUT2D eigenvalue weighted by molar-refractivity contribution is 5.95. The van der Waals surface area contributed by atoms with Gasteiger partial charge >= 0.3 is 12.0 Å². The molecule has 8 nitrogen and oxygen atoms in total. The molecular weight excluding hydrogens is 290 g/mol. The number of nitro benzene ring substituents is 1. The molecule has 116 valence electrons. The lowest BCUT2D eigenvalue weighted by atomic mass is 9.95. The second-order valence-electron chi connectivity index (χ2n) is 4.82. The van der Waals surface area contributed by atoms with Crippen LogP contribution in [-0.2, 0) is 9.53 Å². The maximum Gasteiger partial charge on any atom is 0.354 e. The molecule has 0 fully saturated rings. The highest BCUT2D eigenvalue weighted by Crippen LogP contribution is 2.31. The largest absolute Gasteiger partial charge is 0.464 e. The number of amides is 2. The van der Waals surface area contributed by atoms with Gasteiger partial charge in [-0.2, -0.15) is 0 Å². The average molecular weight is 305 g/mol. The summed E-state index contributed by atoms with van der Waals surface area (Å²) < 4.78 is 4.70. The zero-order chi connectivity index (χ0) is 16.4. The molecule has 1 aromatic carbocycles. The zero-order valence-electron chi connectivity index (χ0n) is 12.3. The van der Waals surface area contributed by atoms with Crippen LogP contribution in [0.1, 0.15) is 18.5 Å². The van der Waals surface area contributed by atoms with Gasteiger partial charge in [0.1, 0.15) is 5.70 Å². The van der Waals surface area contributed by atoms with Crippen LogP contribution in [0, 0.1) is 10.1 Å². The van der Waals surface area contributed by atoms with Crippen molar-refractivity contribution in [3.05, 3.63) is 51.2 Å². The van der Waals surface area contributed by atoms with Gasteiger partial charge in [0, 0.05) is 19.2 Å². The number of carbonyl (C=O) groups is 2. The van der Waals surface area contributed by atoms with Crippen LogP contribution in [0.15, 0.2) is 35.5 Å². The first-order chi connectivity index (χ1) is 10.4. The summed E-state index contributed by atoms with van der Waals surface area (Å²) in [7, 11) is 2.68. The fourth-order valence-electron chi connectivity index (χ4n) is 2.38. The van der Waals surface area contributed by atoms with Crippen molar-refractivity contribution in [2.75, 3.05) is 14.2 Å². The van der Waals surface area contributed by atoms with E-state index in [1.165, 1.54) is 32.4 Å². The number of methoxy groups -OCH3 is 1. The molecule has 0 aliphatic carbocycles. The number of benzene rings is 1. The first-order valence-electron chi connectivity index (χ1n) is 6.44. The van der Waals surface area contributed by atoms with Gasteiger partial charge in [0.2, 0.25) is 0 Å². The van der Waals surface area contributed by atoms with E-state index in [0.717, 1.165) is 4.90 Å². The number of non-ortho nitro benzene ring substituents is 1. The number of urea groups is 1. The predicted octanol–water partition coefficient (Wildman–Crippen LogP) is 1.74. The highest BCUT2D eigenvalue weighted by Gasteiger charge is 2.34. The number of ether oxygens (including phenoxy) is 1. The van der Waals surface area contributed by atoms with Crippen LogP contribution in [0.2, 0.25) is 0 Å². The first kappa shape index (κ1) is 15.5. The molecule has 0 aromatic heterocycles. The van der Waals surface area contributed by atoms with Crippen LogP contribution < -0.4 is 5.32 Å². The van der Waals surface area contributed by atoms with E-state index in [1.807, 2.05) is 0 Å². The van der Waals surface area contributed by atoms with Crippen molar-refractivity contribution in [2.45, 2.75) is 13.0 Å². The lowest BCUT2D eigenvalue weighted by molar-refractivity contribution is -0.384. The Kier molecular flexibility index (Phi) is 4.11. The Balaban J connectivity index is 2.52. The fraction of sp³-hybridized carbons (Fsp3) is 0.286. The van der Waals surface area contributed by atoms with Crippen molar-refractivity contribution in [1.29, 1.82) is 0 Å². The summed E-state index contributed by atoms with van der Waals surface area (Å²) in [6, 6.07) is 4.81. The Bertz CT molecular complexity index is 683. The average Bonchev–Trinajstić information content (AvgIpc) is 2.50. The summed E-state index contributed by atoms with van der Waals surface area (Å²) in [5.74, 6) is -0.634. The molecule has 0 bridgehead atoms. The lowest BCUT2D eigenvalue weighted by Crippen LogP contribution is -2.46. The van der Waals surface area contributed by atoms with Crippen LogP contribution in [0.5, 0.6) is 0 Å². The normalized spacial score (nSPS) is 18.0. The van der Waals surface area contributed by atoms with E-state index in [1.54, 1.807) is 13.0 Å². The Morgan fingerprint density at radius 2 is 2.14 bits per heavy atom. The van der Waals surface area contributed by atoms with Crippen molar-refractivity contribution < 1.29 is 19.2 Å². The molecule has 22 heavy (non-hydrogen) atoms. The van der Waals surface area contributed by atoms with Crippen LogP contribution >= 0.6 is 0 Å². The molecule has 0 radical (unpaired) electrons. The van der Waals surface area contributed by atoms with Gasteiger partial charge in [-0.25, -0.2) is 9.59 Å². The van der Waals surface area contributed by atoms with Gasteiger partial charge in [0.05, 0.1) is 18.1 Å². The molecule has 2 rings (SSSR count). The summed E-state index contributed by atoms with van der Waals surface area (Å²) in [5, 5.41) is 13.6. The highest BCUT2D eigenvalue weighted by atomic mass is 16.6. The molecule has 2 amide bonds. The number of nitrogens with zero attached hydrogens (tertiary/aromatic N) is 2. The number of nitrogens with one attached hydrogen (secondary N) is 1. The van der Waals surface area contributed by atoms with Gasteiger partial charge in [-0.1, -0.05) is 12.1 Å². The number of likely N-dealkylation sites (N-methyl/N-ethyl adjacent to an activating group) is 1. The van der Waals surface area contributed by atoms with Crippen molar-refractivity contribution >= 4 is 17.7 Å². The molecule has 0 spiro atoms. The van der Waals surface area contributed by atoms with Gasteiger partial charge in [-0.3, -0.25) is 15.0 Å². The minimum absolute atomic E-state index is 0.0851. The second-order valence-corrected chi connectivity index (χ2v) is 4.82. The molecule has 0 saturated heterocycles. The smallest absolute Gasteiger partial charge is 0.354 e. The minimum atomic E-state index is -0.634. The molecule has 1 atom stereocenters. The Labute approximate surface area is 126 Å². The number of esters is 1. The summed E-state index contributed by atoms with van der Waals surface area (Å²) >= 11 is 0. The van der Waals surface area contributed by atoms with Crippen molar-refractivity contribution in [3.8, 4) is 0 Å². The van der Waals surface area contributed by atoms with E-state index in [0.29, 0.717) is 11.1 Å². The SMILES string of the molecule is COC(=O)C1=C(C)C(c2cccc([N+](=O)[O-])c2)NC(=O)N1C. The Morgan fingerprint density at radius 3 is 2.73 bits per heavy atom. The topological polar surface area (TPSA) is 102 Å². The number of nitro groups is 1. The molecular formula is C14H15N3O5. The second kappa shape index (κ2) is 5.84. The summed E-state index contributed by atoms with van der Waals surface area (Å²) in [6.45, 7) is 1.67. The third kappa shape index (κ3) is 2.62. The quantitative estimate of drug-likeness (QED) is 0.520. The third-order valence-electron chi connectivity index (χ3n) is 3.51. The molecule has 8 heteroatoms. The molecule has 1 aromatic rings. The van der Waals surface area contributed by atoms with E-state index in [-0.39, 0.29) is 11.4 Å². The molecule has 0 saturated carbocycles. The zero-order valence-corrected chi connectivity index (χ0v) is 12.3. The Morgan fingerprint density at radius 1 is 1.45 bits per heavy atom. The first-order valence-corrected chi connectivity index (χ1v) is 6.44.